The Kier molecular flexibility index (Phi) is 4.70. The Balaban J connectivity index is 7.07. The quantitative estimate of drug-likeness (QED) is 0.541. The molecule has 0 aromatic rings. The Morgan fingerprint density at radius 1 is 0.545 bits per heavy atom. The van der Waals surface area contributed by atoms with Crippen molar-refractivity contribution in [2.75, 3.05) is 0 Å². The van der Waals surface area contributed by atoms with Crippen LogP contribution in [-0.2, 0) is 4.79 Å². The Labute approximate surface area is 111 Å². The predicted octanol–water partition coefficient (Wildman–Crippen LogP) is 4.32. The van der Waals surface area contributed by atoms with Crippen LogP contribution < -0.4 is 0 Å². The van der Waals surface area contributed by atoms with Gasteiger partial charge in [-0.05, 0) is 0 Å². The molecule has 0 amide bonds. The first-order valence-electron chi connectivity index (χ1n) is 4.49. The van der Waals surface area contributed by atoms with E-state index in [1.165, 1.54) is 0 Å². The van der Waals surface area contributed by atoms with Crippen LogP contribution in [0.25, 0.3) is 0 Å². The van der Waals surface area contributed by atoms with E-state index in [-0.39, 0.29) is 0 Å². The van der Waals surface area contributed by atoms with Gasteiger partial charge in [0.05, 0.1) is 0 Å². The molecule has 130 valence electrons. The van der Waals surface area contributed by atoms with Crippen molar-refractivity contribution in [3.05, 3.63) is 6.08 Å². The Morgan fingerprint density at radius 2 is 0.818 bits per heavy atom. The van der Waals surface area contributed by atoms with E-state index in [0.29, 0.717) is 0 Å². The molecule has 0 fully saturated rings. The van der Waals surface area contributed by atoms with Crippen molar-refractivity contribution in [1.82, 2.24) is 0 Å². The van der Waals surface area contributed by atoms with Crippen LogP contribution in [0.4, 0.5) is 57.1 Å². The summed E-state index contributed by atoms with van der Waals surface area (Å²) in [6.07, 6.45) is -24.7. The lowest BCUT2D eigenvalue weighted by Gasteiger charge is -2.43. The third-order valence-corrected chi connectivity index (χ3v) is 2.43. The smallest absolute Gasteiger partial charge is 0.234 e. The lowest BCUT2D eigenvalue weighted by molar-refractivity contribution is -0.447. The molecule has 0 saturated heterocycles. The third-order valence-electron chi connectivity index (χ3n) is 2.43. The fourth-order valence-corrected chi connectivity index (χ4v) is 1.35. The first-order valence-corrected chi connectivity index (χ1v) is 4.49. The monoisotopic (exact) mass is 360 g/mol. The molecule has 0 aliphatic heterocycles. The molecule has 0 aromatic carbocycles. The third kappa shape index (κ3) is 2.52. The average molecular weight is 360 g/mol. The summed E-state index contributed by atoms with van der Waals surface area (Å²) in [4.78, 5) is 9.73. The molecule has 14 heteroatoms. The van der Waals surface area contributed by atoms with Gasteiger partial charge in [-0.3, -0.25) is 0 Å². The topological polar surface area (TPSA) is 17.1 Å². The van der Waals surface area contributed by atoms with Crippen LogP contribution in [0, 0.1) is 5.41 Å². The average Bonchev–Trinajstić information content (AvgIpc) is 2.19. The largest absolute Gasteiger partial charge is 0.454 e. The lowest BCUT2D eigenvalue weighted by atomic mass is 9.73. The minimum Gasteiger partial charge on any atom is -0.234 e. The van der Waals surface area contributed by atoms with Crippen molar-refractivity contribution in [3.8, 4) is 0 Å². The summed E-state index contributed by atoms with van der Waals surface area (Å²) in [5, 5.41) is 0. The second-order valence-corrected chi connectivity index (χ2v) is 3.71. The Bertz CT molecular complexity index is 432. The van der Waals surface area contributed by atoms with Gasteiger partial charge in [-0.25, -0.2) is 4.79 Å². The van der Waals surface area contributed by atoms with E-state index < -0.39 is 47.8 Å². The van der Waals surface area contributed by atoms with Gasteiger partial charge in [0.15, 0.2) is 0 Å². The summed E-state index contributed by atoms with van der Waals surface area (Å²) < 4.78 is 161. The molecule has 22 heavy (non-hydrogen) atoms. The van der Waals surface area contributed by atoms with Crippen molar-refractivity contribution in [2.45, 2.75) is 30.4 Å². The van der Waals surface area contributed by atoms with Gasteiger partial charge in [-0.15, -0.1) is 0 Å². The number of rotatable bonds is 3. The summed E-state index contributed by atoms with van der Waals surface area (Å²) in [6, 6.07) is 0. The van der Waals surface area contributed by atoms with E-state index in [1.54, 1.807) is 0 Å². The molecule has 0 N–H and O–H groups in total. The predicted molar refractivity (Wildman–Crippen MR) is 40.8 cm³/mol. The fourth-order valence-electron chi connectivity index (χ4n) is 1.35. The molecule has 0 aromatic heterocycles. The van der Waals surface area contributed by atoms with E-state index in [2.05, 4.69) is 0 Å². The number of halogens is 13. The molecule has 0 spiro atoms. The summed E-state index contributed by atoms with van der Waals surface area (Å²) >= 11 is 0. The van der Waals surface area contributed by atoms with Crippen molar-refractivity contribution in [2.24, 2.45) is 5.41 Å². The molecule has 0 rings (SSSR count). The maximum absolute atomic E-state index is 12.9. The Hall–Kier alpha value is -1.46. The summed E-state index contributed by atoms with van der Waals surface area (Å²) in [5.41, 5.74) is -7.22. The molecule has 0 radical (unpaired) electrons. The van der Waals surface area contributed by atoms with E-state index in [9.17, 15) is 61.9 Å². The van der Waals surface area contributed by atoms with Crippen LogP contribution in [0.3, 0.4) is 0 Å². The second-order valence-electron chi connectivity index (χ2n) is 3.71. The lowest BCUT2D eigenvalue weighted by Crippen LogP contribution is -2.70. The van der Waals surface area contributed by atoms with Crippen molar-refractivity contribution < 1.29 is 61.9 Å². The fraction of sp³-hybridized carbons (Fsp3) is 0.750. The second kappa shape index (κ2) is 5.03. The molecule has 0 unspecified atom stereocenters. The van der Waals surface area contributed by atoms with E-state index in [4.69, 9.17) is 0 Å². The Morgan fingerprint density at radius 3 is 0.955 bits per heavy atom. The number of carbonyl (C=O) groups excluding carboxylic acids is 1. The summed E-state index contributed by atoms with van der Waals surface area (Å²) in [5.74, 6) is -15.9. The first kappa shape index (κ1) is 20.5. The SMILES string of the molecule is O=C=CC(C(F)(F)F)(C(F)(F)C(F)(F)F)C(F)(F)C(F)(F)F. The molecule has 0 aliphatic carbocycles. The van der Waals surface area contributed by atoms with Gasteiger partial charge >= 0.3 is 30.4 Å². The van der Waals surface area contributed by atoms with Crippen molar-refractivity contribution >= 4 is 5.94 Å². The zero-order valence-corrected chi connectivity index (χ0v) is 9.40. The van der Waals surface area contributed by atoms with Gasteiger partial charge in [0.25, 0.3) is 0 Å². The number of hydrogen-bond acceptors (Lipinski definition) is 1. The van der Waals surface area contributed by atoms with Gasteiger partial charge in [0.2, 0.25) is 5.41 Å². The zero-order chi connectivity index (χ0) is 18.4. The molecule has 0 bridgehead atoms. The summed E-state index contributed by atoms with van der Waals surface area (Å²) in [6.45, 7) is 0. The van der Waals surface area contributed by atoms with Crippen molar-refractivity contribution in [1.29, 1.82) is 0 Å². The van der Waals surface area contributed by atoms with Crippen LogP contribution in [-0.4, -0.2) is 36.3 Å². The number of alkyl halides is 13. The maximum Gasteiger partial charge on any atom is 0.454 e. The van der Waals surface area contributed by atoms with Gasteiger partial charge in [0.1, 0.15) is 5.94 Å². The van der Waals surface area contributed by atoms with Crippen LogP contribution in [0.5, 0.6) is 0 Å². The van der Waals surface area contributed by atoms with Gasteiger partial charge in [0, 0.05) is 6.08 Å². The van der Waals surface area contributed by atoms with E-state index in [1.807, 2.05) is 0 Å². The highest BCUT2D eigenvalue weighted by Gasteiger charge is 2.92. The molecular weight excluding hydrogens is 359 g/mol. The van der Waals surface area contributed by atoms with Crippen LogP contribution in [0.2, 0.25) is 0 Å². The molecular formula is C8HF13O. The van der Waals surface area contributed by atoms with E-state index >= 15 is 0 Å². The molecule has 0 atom stereocenters. The number of hydrogen-bond donors (Lipinski definition) is 0. The standard InChI is InChI=1S/C8HF13O/c9-4(10,7(16,17)18)3(1-2-22,6(13,14)15)5(11,12)8(19,20)21/h1H. The van der Waals surface area contributed by atoms with Gasteiger partial charge < -0.3 is 0 Å². The maximum atomic E-state index is 12.9. The zero-order valence-electron chi connectivity index (χ0n) is 9.40. The van der Waals surface area contributed by atoms with Crippen LogP contribution in [0.1, 0.15) is 0 Å². The normalized spacial score (nSPS) is 15.5. The van der Waals surface area contributed by atoms with Gasteiger partial charge in [-0.1, -0.05) is 0 Å². The minimum absolute atomic E-state index is 0.483. The van der Waals surface area contributed by atoms with Crippen molar-refractivity contribution in [3.63, 3.8) is 0 Å². The molecule has 0 saturated carbocycles. The number of allylic oxidation sites excluding steroid dienone is 1. The molecule has 0 aliphatic rings. The minimum atomic E-state index is -7.69. The van der Waals surface area contributed by atoms with Crippen LogP contribution in [0.15, 0.2) is 6.08 Å². The van der Waals surface area contributed by atoms with E-state index in [0.717, 1.165) is 0 Å². The highest BCUT2D eigenvalue weighted by atomic mass is 19.4. The highest BCUT2D eigenvalue weighted by Crippen LogP contribution is 2.66. The molecule has 1 nitrogen and oxygen atoms in total. The first-order chi connectivity index (χ1) is 9.31. The summed E-state index contributed by atoms with van der Waals surface area (Å²) in [7, 11) is 0. The molecule has 0 heterocycles. The highest BCUT2D eigenvalue weighted by molar-refractivity contribution is 5.50. The van der Waals surface area contributed by atoms with Gasteiger partial charge in [-0.2, -0.15) is 57.1 Å². The van der Waals surface area contributed by atoms with Crippen LogP contribution >= 0.6 is 0 Å².